The van der Waals surface area contributed by atoms with Gasteiger partial charge in [-0.05, 0) is 55.9 Å². The summed E-state index contributed by atoms with van der Waals surface area (Å²) in [5.41, 5.74) is 0.0515. The van der Waals surface area contributed by atoms with Crippen molar-refractivity contribution in [2.24, 2.45) is 11.8 Å². The minimum absolute atomic E-state index is 0.403. The molecular weight excluding hydrogens is 285 g/mol. The highest BCUT2D eigenvalue weighted by Gasteiger charge is 2.29. The lowest BCUT2D eigenvalue weighted by atomic mass is 9.80. The molecule has 1 aromatic rings. The molecule has 0 saturated heterocycles. The van der Waals surface area contributed by atoms with Crippen LogP contribution in [-0.4, -0.2) is 0 Å². The van der Waals surface area contributed by atoms with Crippen molar-refractivity contribution in [3.05, 3.63) is 35.4 Å². The smallest absolute Gasteiger partial charge is 0.166 e. The van der Waals surface area contributed by atoms with Crippen molar-refractivity contribution < 1.29 is 13.2 Å². The van der Waals surface area contributed by atoms with E-state index in [0.717, 1.165) is 30.9 Å². The molecule has 0 aliphatic heterocycles. The van der Waals surface area contributed by atoms with Crippen molar-refractivity contribution in [3.8, 4) is 11.8 Å². The van der Waals surface area contributed by atoms with E-state index >= 15 is 0 Å². The van der Waals surface area contributed by atoms with Gasteiger partial charge < -0.3 is 0 Å². The van der Waals surface area contributed by atoms with E-state index in [4.69, 9.17) is 0 Å². The van der Waals surface area contributed by atoms with Crippen molar-refractivity contribution in [2.75, 3.05) is 0 Å². The Hall–Kier alpha value is -1.43. The fraction of sp³-hybridized carbons (Fsp3) is 0.579. The summed E-state index contributed by atoms with van der Waals surface area (Å²) >= 11 is 0. The Balaban J connectivity index is 1.86. The fourth-order valence-electron chi connectivity index (χ4n) is 3.02. The average Bonchev–Trinajstić information content (AvgIpc) is 2.51. The summed E-state index contributed by atoms with van der Waals surface area (Å²) in [4.78, 5) is 0. The first-order valence-electron chi connectivity index (χ1n) is 8.18. The molecule has 3 heteroatoms. The van der Waals surface area contributed by atoms with Crippen LogP contribution in [0, 0.1) is 23.7 Å². The van der Waals surface area contributed by atoms with Crippen molar-refractivity contribution in [1.29, 1.82) is 0 Å². The number of hydrogen-bond acceptors (Lipinski definition) is 0. The summed E-state index contributed by atoms with van der Waals surface area (Å²) in [6.45, 7) is 2.22. The van der Waals surface area contributed by atoms with E-state index in [2.05, 4.69) is 18.8 Å². The van der Waals surface area contributed by atoms with Crippen LogP contribution in [-0.2, 0) is 6.18 Å². The maximum absolute atomic E-state index is 12.5. The van der Waals surface area contributed by atoms with Crippen LogP contribution in [0.1, 0.15) is 63.0 Å². The SMILES string of the molecule is CCCCC1CCC(C#Cc2ccc(C(F)(F)F)cc2)CC1. The molecule has 0 aromatic heterocycles. The Bertz CT molecular complexity index is 508. The average molecular weight is 308 g/mol. The van der Waals surface area contributed by atoms with Gasteiger partial charge in [-0.25, -0.2) is 0 Å². The molecule has 1 saturated carbocycles. The van der Waals surface area contributed by atoms with Crippen LogP contribution in [0.4, 0.5) is 13.2 Å². The third-order valence-electron chi connectivity index (χ3n) is 4.45. The molecule has 1 aromatic carbocycles. The molecule has 0 nitrogen and oxygen atoms in total. The van der Waals surface area contributed by atoms with Crippen molar-refractivity contribution in [3.63, 3.8) is 0 Å². The van der Waals surface area contributed by atoms with Gasteiger partial charge in [0.2, 0.25) is 0 Å². The van der Waals surface area contributed by atoms with Gasteiger partial charge in [0, 0.05) is 11.5 Å². The Kier molecular flexibility index (Phi) is 5.94. The second-order valence-corrected chi connectivity index (χ2v) is 6.20. The van der Waals surface area contributed by atoms with E-state index in [1.165, 1.54) is 44.2 Å². The molecule has 0 amide bonds. The Labute approximate surface area is 131 Å². The van der Waals surface area contributed by atoms with E-state index in [-0.39, 0.29) is 0 Å². The summed E-state index contributed by atoms with van der Waals surface area (Å²) in [6, 6.07) is 5.13. The van der Waals surface area contributed by atoms with E-state index in [1.807, 2.05) is 0 Å². The molecule has 22 heavy (non-hydrogen) atoms. The fourth-order valence-corrected chi connectivity index (χ4v) is 3.02. The van der Waals surface area contributed by atoms with Crippen LogP contribution in [0.5, 0.6) is 0 Å². The Morgan fingerprint density at radius 1 is 1.05 bits per heavy atom. The predicted octanol–water partition coefficient (Wildman–Crippen LogP) is 6.05. The zero-order valence-corrected chi connectivity index (χ0v) is 13.0. The molecule has 0 bridgehead atoms. The summed E-state index contributed by atoms with van der Waals surface area (Å²) in [5, 5.41) is 0. The number of alkyl halides is 3. The van der Waals surface area contributed by atoms with Gasteiger partial charge >= 0.3 is 6.18 Å². The first-order valence-corrected chi connectivity index (χ1v) is 8.18. The van der Waals surface area contributed by atoms with Crippen molar-refractivity contribution >= 4 is 0 Å². The van der Waals surface area contributed by atoms with E-state index < -0.39 is 11.7 Å². The van der Waals surface area contributed by atoms with Crippen LogP contribution < -0.4 is 0 Å². The predicted molar refractivity (Wildman–Crippen MR) is 83.3 cm³/mol. The highest BCUT2D eigenvalue weighted by Crippen LogP contribution is 2.32. The molecular formula is C19H23F3. The third-order valence-corrected chi connectivity index (χ3v) is 4.45. The van der Waals surface area contributed by atoms with Crippen LogP contribution in [0.15, 0.2) is 24.3 Å². The van der Waals surface area contributed by atoms with E-state index in [9.17, 15) is 13.2 Å². The molecule has 120 valence electrons. The van der Waals surface area contributed by atoms with Gasteiger partial charge in [-0.1, -0.05) is 38.0 Å². The normalized spacial score (nSPS) is 22.0. The maximum atomic E-state index is 12.5. The molecule has 2 rings (SSSR count). The maximum Gasteiger partial charge on any atom is 0.416 e. The summed E-state index contributed by atoms with van der Waals surface area (Å²) in [5.74, 6) is 7.53. The number of rotatable bonds is 3. The monoisotopic (exact) mass is 308 g/mol. The number of hydrogen-bond donors (Lipinski definition) is 0. The molecule has 1 aliphatic carbocycles. The minimum Gasteiger partial charge on any atom is -0.166 e. The minimum atomic E-state index is -4.27. The summed E-state index contributed by atoms with van der Waals surface area (Å²) in [6.07, 6.45) is 4.36. The van der Waals surface area contributed by atoms with Gasteiger partial charge in [0.05, 0.1) is 5.56 Å². The number of unbranched alkanes of at least 4 members (excludes halogenated alkanes) is 1. The Morgan fingerprint density at radius 3 is 2.23 bits per heavy atom. The van der Waals surface area contributed by atoms with Gasteiger partial charge in [-0.15, -0.1) is 0 Å². The molecule has 1 fully saturated rings. The van der Waals surface area contributed by atoms with Crippen LogP contribution in [0.25, 0.3) is 0 Å². The quantitative estimate of drug-likeness (QED) is 0.596. The standard InChI is InChI=1S/C19H23F3/c1-2-3-4-15-5-7-16(8-6-15)9-10-17-11-13-18(14-12-17)19(20,21)22/h11-16H,2-8H2,1H3. The molecule has 0 spiro atoms. The van der Waals surface area contributed by atoms with Gasteiger partial charge in [0.1, 0.15) is 0 Å². The van der Waals surface area contributed by atoms with Crippen molar-refractivity contribution in [1.82, 2.24) is 0 Å². The number of halogens is 3. The highest BCUT2D eigenvalue weighted by molar-refractivity contribution is 5.37. The van der Waals surface area contributed by atoms with Gasteiger partial charge in [-0.2, -0.15) is 13.2 Å². The first-order chi connectivity index (χ1) is 10.5. The molecule has 0 unspecified atom stereocenters. The summed E-state index contributed by atoms with van der Waals surface area (Å²) < 4.78 is 37.5. The van der Waals surface area contributed by atoms with Crippen molar-refractivity contribution in [2.45, 2.75) is 58.0 Å². The largest absolute Gasteiger partial charge is 0.416 e. The molecule has 0 heterocycles. The zero-order valence-electron chi connectivity index (χ0n) is 13.0. The van der Waals surface area contributed by atoms with Gasteiger partial charge in [0.25, 0.3) is 0 Å². The first kappa shape index (κ1) is 16.9. The zero-order chi connectivity index (χ0) is 16.0. The van der Waals surface area contributed by atoms with Gasteiger partial charge in [0.15, 0.2) is 0 Å². The van der Waals surface area contributed by atoms with Gasteiger partial charge in [-0.3, -0.25) is 0 Å². The molecule has 0 radical (unpaired) electrons. The van der Waals surface area contributed by atoms with E-state index in [1.54, 1.807) is 0 Å². The lowest BCUT2D eigenvalue weighted by Gasteiger charge is -2.25. The van der Waals surface area contributed by atoms with Crippen LogP contribution in [0.2, 0.25) is 0 Å². The second kappa shape index (κ2) is 7.72. The highest BCUT2D eigenvalue weighted by atomic mass is 19.4. The topological polar surface area (TPSA) is 0 Å². The third kappa shape index (κ3) is 5.09. The van der Waals surface area contributed by atoms with Crippen LogP contribution in [0.3, 0.4) is 0 Å². The van der Waals surface area contributed by atoms with E-state index in [0.29, 0.717) is 11.5 Å². The number of benzene rings is 1. The molecule has 1 aliphatic rings. The lowest BCUT2D eigenvalue weighted by molar-refractivity contribution is -0.137. The second-order valence-electron chi connectivity index (χ2n) is 6.20. The molecule has 0 atom stereocenters. The Morgan fingerprint density at radius 2 is 1.68 bits per heavy atom. The molecule has 0 N–H and O–H groups in total. The van der Waals surface area contributed by atoms with Crippen LogP contribution >= 0.6 is 0 Å². The lowest BCUT2D eigenvalue weighted by Crippen LogP contribution is -2.13. The summed E-state index contributed by atoms with van der Waals surface area (Å²) in [7, 11) is 0.